The van der Waals surface area contributed by atoms with Crippen LogP contribution in [-0.2, 0) is 0 Å². The maximum absolute atomic E-state index is 10.5. The summed E-state index contributed by atoms with van der Waals surface area (Å²) in [6.45, 7) is 8.56. The Morgan fingerprint density at radius 3 is 1.62 bits per heavy atom. The van der Waals surface area contributed by atoms with Crippen LogP contribution in [0.1, 0.15) is 48.4 Å². The van der Waals surface area contributed by atoms with Crippen LogP contribution < -0.4 is 5.32 Å². The number of carboxylic acids is 2. The van der Waals surface area contributed by atoms with E-state index >= 15 is 0 Å². The third kappa shape index (κ3) is 3.81. The first-order valence-corrected chi connectivity index (χ1v) is 6.45. The van der Waals surface area contributed by atoms with E-state index in [1.165, 1.54) is 24.3 Å². The molecule has 2 rings (SSSR count). The molecule has 1 aliphatic rings. The summed E-state index contributed by atoms with van der Waals surface area (Å²) in [5.74, 6) is -2.46. The maximum atomic E-state index is 10.5. The van der Waals surface area contributed by atoms with E-state index in [1.807, 2.05) is 0 Å². The number of nitrogens with one attached hydrogen (secondary N) is 1. The standard InChI is InChI=1S/C8H6O4.C7H14N2/c9-7(10)5-3-1-2-4-6(5)8(11)12;1-6(2)7(3,4)9-5-8-6/h1-4H,(H,9,10)(H,11,12);5H,1-4H3,(H,8,9). The average molecular weight is 292 g/mol. The molecule has 1 aromatic rings. The number of benzene rings is 1. The summed E-state index contributed by atoms with van der Waals surface area (Å²) in [5, 5.41) is 20.3. The van der Waals surface area contributed by atoms with E-state index in [9.17, 15) is 9.59 Å². The lowest BCUT2D eigenvalue weighted by atomic mass is 9.85. The Kier molecular flexibility index (Phi) is 4.73. The summed E-state index contributed by atoms with van der Waals surface area (Å²) < 4.78 is 0. The zero-order valence-corrected chi connectivity index (χ0v) is 12.5. The average Bonchev–Trinajstić information content (AvgIpc) is 2.62. The summed E-state index contributed by atoms with van der Waals surface area (Å²) >= 11 is 0. The second-order valence-electron chi connectivity index (χ2n) is 5.74. The summed E-state index contributed by atoms with van der Waals surface area (Å²) in [4.78, 5) is 25.2. The molecular weight excluding hydrogens is 272 g/mol. The van der Waals surface area contributed by atoms with Crippen LogP contribution >= 0.6 is 0 Å². The monoisotopic (exact) mass is 292 g/mol. The van der Waals surface area contributed by atoms with Crippen molar-refractivity contribution >= 4 is 18.3 Å². The molecule has 1 aliphatic heterocycles. The zero-order valence-electron chi connectivity index (χ0n) is 12.5. The van der Waals surface area contributed by atoms with Crippen LogP contribution in [0.4, 0.5) is 0 Å². The predicted octanol–water partition coefficient (Wildman–Crippen LogP) is 2.26. The van der Waals surface area contributed by atoms with E-state index in [4.69, 9.17) is 10.2 Å². The van der Waals surface area contributed by atoms with E-state index in [0.717, 1.165) is 0 Å². The molecule has 0 aromatic heterocycles. The van der Waals surface area contributed by atoms with Gasteiger partial charge in [-0.25, -0.2) is 9.59 Å². The van der Waals surface area contributed by atoms with E-state index in [0.29, 0.717) is 0 Å². The number of nitrogens with zero attached hydrogens (tertiary/aromatic N) is 1. The second kappa shape index (κ2) is 5.95. The van der Waals surface area contributed by atoms with Gasteiger partial charge in [-0.2, -0.15) is 0 Å². The Morgan fingerprint density at radius 2 is 1.43 bits per heavy atom. The second-order valence-corrected chi connectivity index (χ2v) is 5.74. The van der Waals surface area contributed by atoms with E-state index in [1.54, 1.807) is 6.34 Å². The quantitative estimate of drug-likeness (QED) is 0.776. The fraction of sp³-hybridized carbons (Fsp3) is 0.400. The summed E-state index contributed by atoms with van der Waals surface area (Å²) in [5.41, 5.74) is -0.213. The van der Waals surface area contributed by atoms with Crippen LogP contribution in [0.5, 0.6) is 0 Å². The third-order valence-electron chi connectivity index (χ3n) is 3.73. The fourth-order valence-electron chi connectivity index (χ4n) is 1.55. The molecule has 0 bridgehead atoms. The molecule has 0 amide bonds. The van der Waals surface area contributed by atoms with Crippen molar-refractivity contribution in [1.29, 1.82) is 0 Å². The number of rotatable bonds is 2. The fourth-order valence-corrected chi connectivity index (χ4v) is 1.55. The zero-order chi connectivity index (χ0) is 16.3. The van der Waals surface area contributed by atoms with Gasteiger partial charge in [0.1, 0.15) is 0 Å². The largest absolute Gasteiger partial charge is 0.478 e. The SMILES string of the molecule is CC1(C)N=CNC1(C)C.O=C(O)c1ccccc1C(=O)O. The van der Waals surface area contributed by atoms with Crippen LogP contribution in [0.3, 0.4) is 0 Å². The van der Waals surface area contributed by atoms with Crippen LogP contribution in [-0.4, -0.2) is 39.6 Å². The van der Waals surface area contributed by atoms with Gasteiger partial charge in [0.15, 0.2) is 0 Å². The van der Waals surface area contributed by atoms with Gasteiger partial charge >= 0.3 is 11.9 Å². The molecule has 0 aliphatic carbocycles. The van der Waals surface area contributed by atoms with Crippen molar-refractivity contribution in [2.24, 2.45) is 4.99 Å². The van der Waals surface area contributed by atoms with E-state index in [2.05, 4.69) is 38.0 Å². The first-order valence-electron chi connectivity index (χ1n) is 6.45. The Balaban J connectivity index is 0.000000219. The van der Waals surface area contributed by atoms with Gasteiger partial charge in [0.25, 0.3) is 0 Å². The lowest BCUT2D eigenvalue weighted by Crippen LogP contribution is -2.48. The van der Waals surface area contributed by atoms with Crippen LogP contribution in [0, 0.1) is 0 Å². The first kappa shape index (κ1) is 16.7. The van der Waals surface area contributed by atoms with Gasteiger partial charge < -0.3 is 15.5 Å². The minimum absolute atomic E-state index is 0.0486. The molecule has 0 saturated carbocycles. The first-order chi connectivity index (χ1) is 9.58. The van der Waals surface area contributed by atoms with Crippen molar-refractivity contribution < 1.29 is 19.8 Å². The molecule has 0 spiro atoms. The molecule has 114 valence electrons. The summed E-state index contributed by atoms with van der Waals surface area (Å²) in [6, 6.07) is 5.48. The van der Waals surface area contributed by atoms with Gasteiger partial charge in [0, 0.05) is 0 Å². The molecule has 0 saturated heterocycles. The van der Waals surface area contributed by atoms with Gasteiger partial charge in [-0.15, -0.1) is 0 Å². The van der Waals surface area contributed by atoms with E-state index < -0.39 is 11.9 Å². The van der Waals surface area contributed by atoms with Crippen LogP contribution in [0.2, 0.25) is 0 Å². The van der Waals surface area contributed by atoms with Crippen LogP contribution in [0.15, 0.2) is 29.3 Å². The van der Waals surface area contributed by atoms with Crippen molar-refractivity contribution in [1.82, 2.24) is 5.32 Å². The number of hydrogen-bond donors (Lipinski definition) is 3. The number of aromatic carboxylic acids is 2. The molecule has 3 N–H and O–H groups in total. The highest BCUT2D eigenvalue weighted by Gasteiger charge is 2.38. The lowest BCUT2D eigenvalue weighted by Gasteiger charge is -2.32. The minimum atomic E-state index is -1.23. The number of hydrogen-bond acceptors (Lipinski definition) is 4. The van der Waals surface area contributed by atoms with E-state index in [-0.39, 0.29) is 22.2 Å². The Hall–Kier alpha value is -2.37. The molecule has 0 unspecified atom stereocenters. The highest BCUT2D eigenvalue weighted by Crippen LogP contribution is 2.27. The Bertz CT molecular complexity index is 544. The molecule has 21 heavy (non-hydrogen) atoms. The Labute approximate surface area is 123 Å². The van der Waals surface area contributed by atoms with Crippen molar-refractivity contribution in [3.8, 4) is 0 Å². The molecule has 1 aromatic carbocycles. The van der Waals surface area contributed by atoms with Gasteiger partial charge in [0.05, 0.1) is 28.5 Å². The highest BCUT2D eigenvalue weighted by atomic mass is 16.4. The molecule has 0 atom stereocenters. The van der Waals surface area contributed by atoms with Gasteiger partial charge in [0.2, 0.25) is 0 Å². The minimum Gasteiger partial charge on any atom is -0.478 e. The van der Waals surface area contributed by atoms with Crippen molar-refractivity contribution in [3.05, 3.63) is 35.4 Å². The Morgan fingerprint density at radius 1 is 1.00 bits per heavy atom. The molecule has 6 heteroatoms. The van der Waals surface area contributed by atoms with Crippen molar-refractivity contribution in [2.75, 3.05) is 0 Å². The molecular formula is C15H20N2O4. The smallest absolute Gasteiger partial charge is 0.336 e. The van der Waals surface area contributed by atoms with Gasteiger partial charge in [-0.1, -0.05) is 12.1 Å². The normalized spacial score (nSPS) is 17.3. The summed E-state index contributed by atoms with van der Waals surface area (Å²) in [6.07, 6.45) is 1.79. The lowest BCUT2D eigenvalue weighted by molar-refractivity contribution is 0.0651. The molecule has 0 fully saturated rings. The van der Waals surface area contributed by atoms with Crippen LogP contribution in [0.25, 0.3) is 0 Å². The predicted molar refractivity (Wildman–Crippen MR) is 80.1 cm³/mol. The number of carboxylic acid groups (broad SMARTS) is 2. The molecule has 0 radical (unpaired) electrons. The number of carbonyl (C=O) groups is 2. The maximum Gasteiger partial charge on any atom is 0.336 e. The molecule has 6 nitrogen and oxygen atoms in total. The number of aliphatic imine (C=N–C) groups is 1. The van der Waals surface area contributed by atoms with Gasteiger partial charge in [-0.05, 0) is 39.8 Å². The highest BCUT2D eigenvalue weighted by molar-refractivity contribution is 6.01. The summed E-state index contributed by atoms with van der Waals surface area (Å²) in [7, 11) is 0. The van der Waals surface area contributed by atoms with Gasteiger partial charge in [-0.3, -0.25) is 4.99 Å². The third-order valence-corrected chi connectivity index (χ3v) is 3.73. The molecule has 1 heterocycles. The topological polar surface area (TPSA) is 99.0 Å². The van der Waals surface area contributed by atoms with Crippen molar-refractivity contribution in [2.45, 2.75) is 38.8 Å². The van der Waals surface area contributed by atoms with Crippen molar-refractivity contribution in [3.63, 3.8) is 0 Å².